The lowest BCUT2D eigenvalue weighted by Gasteiger charge is -2.19. The first-order chi connectivity index (χ1) is 13.6. The SMILES string of the molecule is Cc1nc(Nc2ccccc2C)cc(C(=O)Nc2ccc3c(c2)OCCO3)n1. The van der Waals surface area contributed by atoms with E-state index in [2.05, 4.69) is 20.6 Å². The van der Waals surface area contributed by atoms with Gasteiger partial charge in [-0.3, -0.25) is 4.79 Å². The fourth-order valence-corrected chi connectivity index (χ4v) is 2.92. The van der Waals surface area contributed by atoms with Crippen molar-refractivity contribution in [3.05, 3.63) is 65.6 Å². The molecule has 28 heavy (non-hydrogen) atoms. The molecule has 0 saturated heterocycles. The van der Waals surface area contributed by atoms with Gasteiger partial charge in [0.2, 0.25) is 0 Å². The molecule has 2 heterocycles. The number of ether oxygens (including phenoxy) is 2. The zero-order chi connectivity index (χ0) is 19.5. The molecule has 0 atom stereocenters. The number of hydrogen-bond donors (Lipinski definition) is 2. The zero-order valence-electron chi connectivity index (χ0n) is 15.7. The molecule has 1 aliphatic heterocycles. The van der Waals surface area contributed by atoms with Crippen molar-refractivity contribution < 1.29 is 14.3 Å². The normalized spacial score (nSPS) is 12.4. The molecule has 4 rings (SSSR count). The number of para-hydroxylation sites is 1. The van der Waals surface area contributed by atoms with E-state index in [-0.39, 0.29) is 11.6 Å². The zero-order valence-corrected chi connectivity index (χ0v) is 15.7. The first kappa shape index (κ1) is 17.8. The fraction of sp³-hybridized carbons (Fsp3) is 0.190. The van der Waals surface area contributed by atoms with Crippen molar-refractivity contribution >= 4 is 23.1 Å². The summed E-state index contributed by atoms with van der Waals surface area (Å²) in [6.45, 7) is 4.77. The largest absolute Gasteiger partial charge is 0.486 e. The van der Waals surface area contributed by atoms with Crippen molar-refractivity contribution in [2.24, 2.45) is 0 Å². The lowest BCUT2D eigenvalue weighted by molar-refractivity contribution is 0.102. The third-order valence-electron chi connectivity index (χ3n) is 4.28. The van der Waals surface area contributed by atoms with Crippen molar-refractivity contribution in [1.82, 2.24) is 9.97 Å². The van der Waals surface area contributed by atoms with Gasteiger partial charge in [0.15, 0.2) is 11.5 Å². The quantitative estimate of drug-likeness (QED) is 0.719. The molecule has 0 unspecified atom stereocenters. The molecule has 1 aromatic heterocycles. The van der Waals surface area contributed by atoms with Gasteiger partial charge < -0.3 is 20.1 Å². The molecule has 2 aromatic carbocycles. The van der Waals surface area contributed by atoms with E-state index < -0.39 is 0 Å². The minimum atomic E-state index is -0.324. The van der Waals surface area contributed by atoms with E-state index in [0.29, 0.717) is 42.0 Å². The highest BCUT2D eigenvalue weighted by molar-refractivity contribution is 6.03. The van der Waals surface area contributed by atoms with Crippen LogP contribution in [0.25, 0.3) is 0 Å². The summed E-state index contributed by atoms with van der Waals surface area (Å²) in [6.07, 6.45) is 0. The third kappa shape index (κ3) is 3.88. The Labute approximate surface area is 162 Å². The van der Waals surface area contributed by atoms with Crippen LogP contribution in [0.1, 0.15) is 21.9 Å². The van der Waals surface area contributed by atoms with E-state index in [0.717, 1.165) is 11.3 Å². The standard InChI is InChI=1S/C21H20N4O3/c1-13-5-3-4-6-16(13)25-20-12-17(22-14(2)23-20)21(26)24-15-7-8-18-19(11-15)28-10-9-27-18/h3-8,11-12H,9-10H2,1-2H3,(H,24,26)(H,22,23,25). The van der Waals surface area contributed by atoms with Gasteiger partial charge in [0.25, 0.3) is 5.91 Å². The van der Waals surface area contributed by atoms with Crippen LogP contribution in [0.3, 0.4) is 0 Å². The summed E-state index contributed by atoms with van der Waals surface area (Å²) < 4.78 is 11.1. The third-order valence-corrected chi connectivity index (χ3v) is 4.28. The summed E-state index contributed by atoms with van der Waals surface area (Å²) in [4.78, 5) is 21.3. The van der Waals surface area contributed by atoms with Gasteiger partial charge in [-0.1, -0.05) is 18.2 Å². The number of carbonyl (C=O) groups is 1. The first-order valence-electron chi connectivity index (χ1n) is 8.98. The predicted octanol–water partition coefficient (Wildman–Crippen LogP) is 3.86. The van der Waals surface area contributed by atoms with Gasteiger partial charge in [-0.25, -0.2) is 9.97 Å². The van der Waals surface area contributed by atoms with Gasteiger partial charge in [0.05, 0.1) is 0 Å². The minimum absolute atomic E-state index is 0.276. The number of hydrogen-bond acceptors (Lipinski definition) is 6. The lowest BCUT2D eigenvalue weighted by Crippen LogP contribution is -2.17. The highest BCUT2D eigenvalue weighted by atomic mass is 16.6. The molecule has 7 nitrogen and oxygen atoms in total. The Morgan fingerprint density at radius 1 is 0.964 bits per heavy atom. The molecule has 1 aliphatic rings. The second kappa shape index (κ2) is 7.56. The number of carbonyl (C=O) groups excluding carboxylic acids is 1. The number of nitrogens with zero attached hydrogens (tertiary/aromatic N) is 2. The Hall–Kier alpha value is -3.61. The number of rotatable bonds is 4. The number of aromatic nitrogens is 2. The van der Waals surface area contributed by atoms with Gasteiger partial charge in [-0.15, -0.1) is 0 Å². The van der Waals surface area contributed by atoms with Gasteiger partial charge >= 0.3 is 0 Å². The molecule has 0 fully saturated rings. The molecular weight excluding hydrogens is 356 g/mol. The Kier molecular flexibility index (Phi) is 4.80. The topological polar surface area (TPSA) is 85.4 Å². The maximum atomic E-state index is 12.7. The van der Waals surface area contributed by atoms with E-state index >= 15 is 0 Å². The number of nitrogens with one attached hydrogen (secondary N) is 2. The smallest absolute Gasteiger partial charge is 0.274 e. The average molecular weight is 376 g/mol. The Morgan fingerprint density at radius 2 is 1.75 bits per heavy atom. The van der Waals surface area contributed by atoms with Crippen LogP contribution in [0, 0.1) is 13.8 Å². The van der Waals surface area contributed by atoms with Crippen LogP contribution in [0.5, 0.6) is 11.5 Å². The van der Waals surface area contributed by atoms with Crippen LogP contribution < -0.4 is 20.1 Å². The van der Waals surface area contributed by atoms with E-state index in [1.807, 2.05) is 31.2 Å². The van der Waals surface area contributed by atoms with Crippen molar-refractivity contribution in [3.63, 3.8) is 0 Å². The van der Waals surface area contributed by atoms with Gasteiger partial charge in [-0.05, 0) is 37.6 Å². The molecule has 3 aromatic rings. The molecule has 0 radical (unpaired) electrons. The molecule has 0 bridgehead atoms. The minimum Gasteiger partial charge on any atom is -0.486 e. The van der Waals surface area contributed by atoms with Crippen molar-refractivity contribution in [1.29, 1.82) is 0 Å². The van der Waals surface area contributed by atoms with Crippen LogP contribution in [0.4, 0.5) is 17.2 Å². The number of anilines is 3. The summed E-state index contributed by atoms with van der Waals surface area (Å²) in [5.74, 6) is 2.03. The molecule has 0 saturated carbocycles. The monoisotopic (exact) mass is 376 g/mol. The van der Waals surface area contributed by atoms with Crippen molar-refractivity contribution in [2.75, 3.05) is 23.8 Å². The Balaban J connectivity index is 1.54. The summed E-state index contributed by atoms with van der Waals surface area (Å²) >= 11 is 0. The van der Waals surface area contributed by atoms with E-state index in [1.54, 1.807) is 31.2 Å². The molecule has 0 aliphatic carbocycles. The van der Waals surface area contributed by atoms with Gasteiger partial charge in [-0.2, -0.15) is 0 Å². The van der Waals surface area contributed by atoms with Gasteiger partial charge in [0, 0.05) is 23.5 Å². The Morgan fingerprint density at radius 3 is 2.57 bits per heavy atom. The van der Waals surface area contributed by atoms with Gasteiger partial charge in [0.1, 0.15) is 30.5 Å². The lowest BCUT2D eigenvalue weighted by atomic mass is 10.2. The van der Waals surface area contributed by atoms with Crippen LogP contribution in [-0.2, 0) is 0 Å². The molecule has 2 N–H and O–H groups in total. The highest BCUT2D eigenvalue weighted by Gasteiger charge is 2.15. The Bertz CT molecular complexity index is 1040. The number of fused-ring (bicyclic) bond motifs is 1. The number of benzene rings is 2. The van der Waals surface area contributed by atoms with E-state index in [1.165, 1.54) is 0 Å². The molecular formula is C21H20N4O3. The van der Waals surface area contributed by atoms with E-state index in [9.17, 15) is 4.79 Å². The predicted molar refractivity (Wildman–Crippen MR) is 107 cm³/mol. The summed E-state index contributed by atoms with van der Waals surface area (Å²) in [6, 6.07) is 14.8. The molecule has 7 heteroatoms. The molecule has 0 spiro atoms. The van der Waals surface area contributed by atoms with Crippen LogP contribution >= 0.6 is 0 Å². The summed E-state index contributed by atoms with van der Waals surface area (Å²) in [5, 5.41) is 6.09. The maximum absolute atomic E-state index is 12.7. The van der Waals surface area contributed by atoms with Crippen molar-refractivity contribution in [3.8, 4) is 11.5 Å². The van der Waals surface area contributed by atoms with Crippen molar-refractivity contribution in [2.45, 2.75) is 13.8 Å². The summed E-state index contributed by atoms with van der Waals surface area (Å²) in [5.41, 5.74) is 2.90. The second-order valence-electron chi connectivity index (χ2n) is 6.44. The molecule has 142 valence electrons. The highest BCUT2D eigenvalue weighted by Crippen LogP contribution is 2.32. The molecule has 1 amide bonds. The number of amides is 1. The second-order valence-corrected chi connectivity index (χ2v) is 6.44. The van der Waals surface area contributed by atoms with E-state index in [4.69, 9.17) is 9.47 Å². The number of aryl methyl sites for hydroxylation is 2. The van der Waals surface area contributed by atoms with Crippen LogP contribution in [0.15, 0.2) is 48.5 Å². The first-order valence-corrected chi connectivity index (χ1v) is 8.98. The summed E-state index contributed by atoms with van der Waals surface area (Å²) in [7, 11) is 0. The fourth-order valence-electron chi connectivity index (χ4n) is 2.92. The van der Waals surface area contributed by atoms with Crippen LogP contribution in [0.2, 0.25) is 0 Å². The maximum Gasteiger partial charge on any atom is 0.274 e. The van der Waals surface area contributed by atoms with Crippen LogP contribution in [-0.4, -0.2) is 29.1 Å². The average Bonchev–Trinajstić information content (AvgIpc) is 2.69.